The summed E-state index contributed by atoms with van der Waals surface area (Å²) in [6, 6.07) is 4.08. The molecule has 22 heavy (non-hydrogen) atoms. The highest BCUT2D eigenvalue weighted by Gasteiger charge is 2.45. The van der Waals surface area contributed by atoms with Crippen LogP contribution >= 0.6 is 0 Å². The molecule has 1 aromatic heterocycles. The van der Waals surface area contributed by atoms with Gasteiger partial charge in [0.15, 0.2) is 0 Å². The fourth-order valence-corrected chi connectivity index (χ4v) is 4.05. The van der Waals surface area contributed by atoms with Gasteiger partial charge in [-0.25, -0.2) is 0 Å². The lowest BCUT2D eigenvalue weighted by atomic mass is 9.99. The van der Waals surface area contributed by atoms with Crippen LogP contribution in [0.4, 0.5) is 0 Å². The molecule has 0 aliphatic carbocycles. The van der Waals surface area contributed by atoms with Gasteiger partial charge in [0.2, 0.25) is 5.91 Å². The zero-order chi connectivity index (χ0) is 14.9. The summed E-state index contributed by atoms with van der Waals surface area (Å²) >= 11 is 0. The maximum atomic E-state index is 12.7. The van der Waals surface area contributed by atoms with E-state index in [2.05, 4.69) is 16.0 Å². The van der Waals surface area contributed by atoms with Crippen molar-refractivity contribution in [1.29, 1.82) is 0 Å². The largest absolute Gasteiger partial charge is 0.371 e. The van der Waals surface area contributed by atoms with Crippen LogP contribution in [0.25, 0.3) is 0 Å². The van der Waals surface area contributed by atoms with Crippen LogP contribution in [0, 0.1) is 5.92 Å². The summed E-state index contributed by atoms with van der Waals surface area (Å²) in [5, 5.41) is 0. The summed E-state index contributed by atoms with van der Waals surface area (Å²) in [7, 11) is 0. The number of hydrogen-bond donors (Lipinski definition) is 0. The van der Waals surface area contributed by atoms with Gasteiger partial charge in [0.25, 0.3) is 0 Å². The number of carbonyl (C=O) groups is 1. The van der Waals surface area contributed by atoms with Crippen LogP contribution in [0.2, 0.25) is 0 Å². The van der Waals surface area contributed by atoms with Crippen LogP contribution in [0.15, 0.2) is 24.5 Å². The lowest BCUT2D eigenvalue weighted by molar-refractivity contribution is -0.137. The molecule has 0 N–H and O–H groups in total. The minimum absolute atomic E-state index is 0.0713. The molecule has 0 unspecified atom stereocenters. The van der Waals surface area contributed by atoms with E-state index in [9.17, 15) is 4.79 Å². The molecular formula is C17H23N3O2. The van der Waals surface area contributed by atoms with Gasteiger partial charge in [-0.05, 0) is 30.9 Å². The van der Waals surface area contributed by atoms with Crippen molar-refractivity contribution < 1.29 is 9.53 Å². The molecule has 1 aromatic rings. The monoisotopic (exact) mass is 301 g/mol. The summed E-state index contributed by atoms with van der Waals surface area (Å²) in [5.74, 6) is 0.398. The average molecular weight is 301 g/mol. The predicted molar refractivity (Wildman–Crippen MR) is 82.1 cm³/mol. The molecule has 4 rings (SSSR count). The average Bonchev–Trinajstić information content (AvgIpc) is 3.16. The number of ether oxygens (including phenoxy) is 1. The Morgan fingerprint density at radius 1 is 1.32 bits per heavy atom. The molecule has 5 heteroatoms. The number of morpholine rings is 1. The third-order valence-corrected chi connectivity index (χ3v) is 5.10. The second kappa shape index (κ2) is 5.97. The minimum atomic E-state index is 0.0713. The van der Waals surface area contributed by atoms with Crippen LogP contribution in [0.5, 0.6) is 0 Å². The first-order valence-corrected chi connectivity index (χ1v) is 8.35. The van der Waals surface area contributed by atoms with E-state index in [0.29, 0.717) is 5.91 Å². The fourth-order valence-electron chi connectivity index (χ4n) is 4.05. The van der Waals surface area contributed by atoms with Crippen molar-refractivity contribution in [3.05, 3.63) is 30.1 Å². The third-order valence-electron chi connectivity index (χ3n) is 5.10. The quantitative estimate of drug-likeness (QED) is 0.844. The van der Waals surface area contributed by atoms with E-state index in [-0.39, 0.29) is 18.1 Å². The standard InChI is InChI=1S/C17H23N3O2/c21-17(20-6-1-2-7-20)15-8-14-11-19(12-16(15)22-14)10-13-4-3-5-18-9-13/h3-5,9,14-16H,1-2,6-8,10-12H2/t14-,15+,16-/m0/s1. The first kappa shape index (κ1) is 14.2. The summed E-state index contributed by atoms with van der Waals surface area (Å²) in [6.45, 7) is 4.55. The SMILES string of the molecule is O=C([C@@H]1C[C@H]2CN(Cc3cccnc3)C[C@@H]1O2)N1CCCC1. The number of rotatable bonds is 3. The highest BCUT2D eigenvalue weighted by molar-refractivity contribution is 5.80. The first-order valence-electron chi connectivity index (χ1n) is 8.35. The van der Waals surface area contributed by atoms with Crippen LogP contribution < -0.4 is 0 Å². The lowest BCUT2D eigenvalue weighted by Crippen LogP contribution is -2.45. The Bertz CT molecular complexity index is 530. The van der Waals surface area contributed by atoms with Crippen LogP contribution in [0.1, 0.15) is 24.8 Å². The van der Waals surface area contributed by atoms with Crippen molar-refractivity contribution in [2.24, 2.45) is 5.92 Å². The smallest absolute Gasteiger partial charge is 0.228 e. The fraction of sp³-hybridized carbons (Fsp3) is 0.647. The number of aromatic nitrogens is 1. The van der Waals surface area contributed by atoms with Gasteiger partial charge in [0, 0.05) is 45.1 Å². The van der Waals surface area contributed by atoms with Crippen LogP contribution in [-0.2, 0) is 16.1 Å². The number of nitrogens with zero attached hydrogens (tertiary/aromatic N) is 3. The molecule has 3 aliphatic heterocycles. The van der Waals surface area contributed by atoms with Crippen molar-refractivity contribution in [2.45, 2.75) is 38.0 Å². The van der Waals surface area contributed by atoms with Gasteiger partial charge in [0.05, 0.1) is 18.1 Å². The van der Waals surface area contributed by atoms with Gasteiger partial charge in [-0.15, -0.1) is 0 Å². The summed E-state index contributed by atoms with van der Waals surface area (Å²) in [5.41, 5.74) is 1.23. The Labute approximate surface area is 131 Å². The Morgan fingerprint density at radius 2 is 2.18 bits per heavy atom. The van der Waals surface area contributed by atoms with Crippen molar-refractivity contribution in [3.8, 4) is 0 Å². The summed E-state index contributed by atoms with van der Waals surface area (Å²) < 4.78 is 6.05. The van der Waals surface area contributed by atoms with Crippen molar-refractivity contribution in [1.82, 2.24) is 14.8 Å². The van der Waals surface area contributed by atoms with Gasteiger partial charge in [-0.2, -0.15) is 0 Å². The molecule has 3 aliphatic rings. The van der Waals surface area contributed by atoms with E-state index in [1.54, 1.807) is 6.20 Å². The third kappa shape index (κ3) is 2.75. The molecule has 118 valence electrons. The van der Waals surface area contributed by atoms with E-state index in [1.165, 1.54) is 5.56 Å². The van der Waals surface area contributed by atoms with Gasteiger partial charge in [0.1, 0.15) is 0 Å². The second-order valence-electron chi connectivity index (χ2n) is 6.73. The molecule has 3 saturated heterocycles. The Kier molecular flexibility index (Phi) is 3.84. The molecule has 4 heterocycles. The molecule has 0 radical (unpaired) electrons. The highest BCUT2D eigenvalue weighted by atomic mass is 16.5. The number of amides is 1. The van der Waals surface area contributed by atoms with Gasteiger partial charge >= 0.3 is 0 Å². The van der Waals surface area contributed by atoms with E-state index >= 15 is 0 Å². The van der Waals surface area contributed by atoms with Gasteiger partial charge < -0.3 is 9.64 Å². The van der Waals surface area contributed by atoms with Crippen LogP contribution in [0.3, 0.4) is 0 Å². The van der Waals surface area contributed by atoms with Gasteiger partial charge in [-0.3, -0.25) is 14.7 Å². The second-order valence-corrected chi connectivity index (χ2v) is 6.73. The number of hydrogen-bond acceptors (Lipinski definition) is 4. The zero-order valence-corrected chi connectivity index (χ0v) is 12.9. The minimum Gasteiger partial charge on any atom is -0.371 e. The molecule has 3 fully saturated rings. The Balaban J connectivity index is 1.40. The zero-order valence-electron chi connectivity index (χ0n) is 12.9. The number of pyridine rings is 1. The Morgan fingerprint density at radius 3 is 2.95 bits per heavy atom. The number of likely N-dealkylation sites (tertiary alicyclic amines) is 2. The number of carbonyl (C=O) groups excluding carboxylic acids is 1. The topological polar surface area (TPSA) is 45.7 Å². The predicted octanol–water partition coefficient (Wildman–Crippen LogP) is 1.29. The lowest BCUT2D eigenvalue weighted by Gasteiger charge is -2.33. The van der Waals surface area contributed by atoms with Crippen LogP contribution in [-0.4, -0.2) is 59.1 Å². The molecule has 3 atom stereocenters. The van der Waals surface area contributed by atoms with Crippen molar-refractivity contribution in [3.63, 3.8) is 0 Å². The maximum absolute atomic E-state index is 12.7. The molecule has 2 bridgehead atoms. The van der Waals surface area contributed by atoms with Crippen molar-refractivity contribution in [2.75, 3.05) is 26.2 Å². The first-order chi connectivity index (χ1) is 10.8. The molecule has 0 saturated carbocycles. The van der Waals surface area contributed by atoms with Gasteiger partial charge in [-0.1, -0.05) is 6.07 Å². The molecule has 5 nitrogen and oxygen atoms in total. The number of fused-ring (bicyclic) bond motifs is 2. The summed E-state index contributed by atoms with van der Waals surface area (Å²) in [4.78, 5) is 21.3. The molecular weight excluding hydrogens is 278 g/mol. The van der Waals surface area contributed by atoms with E-state index < -0.39 is 0 Å². The summed E-state index contributed by atoms with van der Waals surface area (Å²) in [6.07, 6.45) is 7.21. The van der Waals surface area contributed by atoms with E-state index in [4.69, 9.17) is 4.74 Å². The highest BCUT2D eigenvalue weighted by Crippen LogP contribution is 2.34. The molecule has 1 amide bonds. The van der Waals surface area contributed by atoms with Crippen molar-refractivity contribution >= 4 is 5.91 Å². The maximum Gasteiger partial charge on any atom is 0.228 e. The van der Waals surface area contributed by atoms with E-state index in [1.807, 2.05) is 17.2 Å². The van der Waals surface area contributed by atoms with E-state index in [0.717, 1.165) is 52.0 Å². The normalized spacial score (nSPS) is 31.6. The molecule has 0 aromatic carbocycles. The molecule has 0 spiro atoms. The Hall–Kier alpha value is -1.46.